The highest BCUT2D eigenvalue weighted by Crippen LogP contribution is 2.27. The maximum atomic E-state index is 12.4. The van der Waals surface area contributed by atoms with Gasteiger partial charge in [0.2, 0.25) is 5.91 Å². The van der Waals surface area contributed by atoms with Crippen LogP contribution in [0.25, 0.3) is 0 Å². The minimum atomic E-state index is 0.0870. The van der Waals surface area contributed by atoms with Gasteiger partial charge in [0.25, 0.3) is 0 Å². The Balaban J connectivity index is 1.91. The Morgan fingerprint density at radius 3 is 2.89 bits per heavy atom. The third-order valence-corrected chi connectivity index (χ3v) is 5.29. The van der Waals surface area contributed by atoms with Gasteiger partial charge in [-0.05, 0) is 36.7 Å². The molecule has 2 aliphatic rings. The van der Waals surface area contributed by atoms with Crippen LogP contribution in [-0.2, 0) is 4.79 Å². The van der Waals surface area contributed by atoms with Crippen LogP contribution in [0.4, 0.5) is 0 Å². The van der Waals surface area contributed by atoms with Crippen molar-refractivity contribution in [2.45, 2.75) is 58.2 Å². The van der Waals surface area contributed by atoms with Crippen LogP contribution >= 0.6 is 11.8 Å². The fourth-order valence-corrected chi connectivity index (χ4v) is 4.20. The van der Waals surface area contributed by atoms with Gasteiger partial charge >= 0.3 is 0 Å². The van der Waals surface area contributed by atoms with E-state index in [4.69, 9.17) is 0 Å². The summed E-state index contributed by atoms with van der Waals surface area (Å²) in [7, 11) is 0. The second kappa shape index (κ2) is 6.80. The van der Waals surface area contributed by atoms with Gasteiger partial charge in [-0.15, -0.1) is 0 Å². The summed E-state index contributed by atoms with van der Waals surface area (Å²) >= 11 is 2.03. The fourth-order valence-electron chi connectivity index (χ4n) is 2.92. The second-order valence-electron chi connectivity index (χ2n) is 5.51. The number of nitrogens with one attached hydrogen (secondary N) is 1. The van der Waals surface area contributed by atoms with E-state index in [1.807, 2.05) is 11.8 Å². The standard InChI is InChI=1S/C14H26N2OS/c1-3-5-6-12-14(17)16(13(4-2)15-12)9-11-7-8-18-10-11/h11-13,15H,3-10H2,1-2H3. The van der Waals surface area contributed by atoms with E-state index in [-0.39, 0.29) is 12.2 Å². The molecule has 1 N–H and O–H groups in total. The quantitative estimate of drug-likeness (QED) is 0.805. The van der Waals surface area contributed by atoms with Gasteiger partial charge in [-0.3, -0.25) is 10.1 Å². The Kier molecular flexibility index (Phi) is 5.37. The average molecular weight is 270 g/mol. The minimum Gasteiger partial charge on any atom is -0.325 e. The molecule has 3 unspecified atom stereocenters. The third-order valence-electron chi connectivity index (χ3n) is 4.06. The molecule has 2 saturated heterocycles. The molecule has 18 heavy (non-hydrogen) atoms. The molecule has 2 fully saturated rings. The molecule has 2 heterocycles. The van der Waals surface area contributed by atoms with Crippen molar-refractivity contribution in [2.75, 3.05) is 18.1 Å². The molecule has 0 radical (unpaired) electrons. The van der Waals surface area contributed by atoms with E-state index in [0.717, 1.165) is 31.7 Å². The largest absolute Gasteiger partial charge is 0.325 e. The summed E-state index contributed by atoms with van der Waals surface area (Å²) in [6.45, 7) is 5.33. The highest BCUT2D eigenvalue weighted by Gasteiger charge is 2.38. The summed E-state index contributed by atoms with van der Waals surface area (Å²) < 4.78 is 0. The van der Waals surface area contributed by atoms with E-state index in [1.165, 1.54) is 24.3 Å². The molecule has 104 valence electrons. The van der Waals surface area contributed by atoms with E-state index >= 15 is 0 Å². The van der Waals surface area contributed by atoms with Gasteiger partial charge in [-0.25, -0.2) is 0 Å². The molecule has 2 rings (SSSR count). The highest BCUT2D eigenvalue weighted by molar-refractivity contribution is 7.99. The Bertz CT molecular complexity index is 279. The van der Waals surface area contributed by atoms with Crippen molar-refractivity contribution in [3.63, 3.8) is 0 Å². The van der Waals surface area contributed by atoms with Gasteiger partial charge in [0.15, 0.2) is 0 Å². The zero-order valence-electron chi connectivity index (χ0n) is 11.7. The summed E-state index contributed by atoms with van der Waals surface area (Å²) in [5.74, 6) is 3.59. The number of amides is 1. The topological polar surface area (TPSA) is 32.3 Å². The lowest BCUT2D eigenvalue weighted by molar-refractivity contribution is -0.130. The van der Waals surface area contributed by atoms with Crippen LogP contribution in [0.2, 0.25) is 0 Å². The molecule has 0 saturated carbocycles. The molecule has 0 aromatic heterocycles. The molecule has 0 aliphatic carbocycles. The van der Waals surface area contributed by atoms with E-state index in [9.17, 15) is 4.79 Å². The van der Waals surface area contributed by atoms with Crippen LogP contribution in [0, 0.1) is 5.92 Å². The molecule has 0 aromatic carbocycles. The number of nitrogens with zero attached hydrogens (tertiary/aromatic N) is 1. The normalized spacial score (nSPS) is 32.4. The first kappa shape index (κ1) is 14.2. The fraction of sp³-hybridized carbons (Fsp3) is 0.929. The number of hydrogen-bond acceptors (Lipinski definition) is 3. The van der Waals surface area contributed by atoms with E-state index in [2.05, 4.69) is 24.1 Å². The molecular formula is C14H26N2OS. The Morgan fingerprint density at radius 1 is 1.44 bits per heavy atom. The predicted octanol–water partition coefficient (Wildman–Crippen LogP) is 2.47. The van der Waals surface area contributed by atoms with Crippen molar-refractivity contribution in [1.29, 1.82) is 0 Å². The summed E-state index contributed by atoms with van der Waals surface area (Å²) in [5.41, 5.74) is 0. The first-order chi connectivity index (χ1) is 8.76. The Hall–Kier alpha value is -0.220. The lowest BCUT2D eigenvalue weighted by Gasteiger charge is -2.25. The van der Waals surface area contributed by atoms with Crippen LogP contribution in [-0.4, -0.2) is 41.1 Å². The Morgan fingerprint density at radius 2 is 2.28 bits per heavy atom. The van der Waals surface area contributed by atoms with Gasteiger partial charge < -0.3 is 4.90 Å². The molecule has 0 spiro atoms. The van der Waals surface area contributed by atoms with Crippen molar-refractivity contribution < 1.29 is 4.79 Å². The maximum absolute atomic E-state index is 12.4. The van der Waals surface area contributed by atoms with Gasteiger partial charge in [-0.1, -0.05) is 26.7 Å². The summed E-state index contributed by atoms with van der Waals surface area (Å²) in [6.07, 6.45) is 5.90. The molecule has 4 heteroatoms. The number of hydrogen-bond donors (Lipinski definition) is 1. The van der Waals surface area contributed by atoms with E-state index < -0.39 is 0 Å². The minimum absolute atomic E-state index is 0.0870. The smallest absolute Gasteiger partial charge is 0.241 e. The lowest BCUT2D eigenvalue weighted by atomic mass is 10.1. The van der Waals surface area contributed by atoms with Crippen molar-refractivity contribution >= 4 is 17.7 Å². The second-order valence-corrected chi connectivity index (χ2v) is 6.66. The number of unbranched alkanes of at least 4 members (excludes halogenated alkanes) is 1. The van der Waals surface area contributed by atoms with E-state index in [0.29, 0.717) is 5.91 Å². The molecule has 3 nitrogen and oxygen atoms in total. The number of carbonyl (C=O) groups excluding carboxylic acids is 1. The summed E-state index contributed by atoms with van der Waals surface area (Å²) in [6, 6.07) is 0.0870. The van der Waals surface area contributed by atoms with Crippen molar-refractivity contribution in [1.82, 2.24) is 10.2 Å². The van der Waals surface area contributed by atoms with Gasteiger partial charge in [0, 0.05) is 6.54 Å². The average Bonchev–Trinajstić information content (AvgIpc) is 2.98. The van der Waals surface area contributed by atoms with Crippen LogP contribution in [0.5, 0.6) is 0 Å². The van der Waals surface area contributed by atoms with Crippen molar-refractivity contribution in [2.24, 2.45) is 5.92 Å². The molecule has 3 atom stereocenters. The van der Waals surface area contributed by atoms with Crippen LogP contribution in [0.3, 0.4) is 0 Å². The van der Waals surface area contributed by atoms with Gasteiger partial charge in [0.1, 0.15) is 0 Å². The number of carbonyl (C=O) groups is 1. The first-order valence-corrected chi connectivity index (χ1v) is 8.56. The summed E-state index contributed by atoms with van der Waals surface area (Å²) in [4.78, 5) is 14.5. The molecule has 0 bridgehead atoms. The predicted molar refractivity (Wildman–Crippen MR) is 77.7 cm³/mol. The van der Waals surface area contributed by atoms with Gasteiger partial charge in [-0.2, -0.15) is 11.8 Å². The van der Waals surface area contributed by atoms with Crippen molar-refractivity contribution in [3.05, 3.63) is 0 Å². The zero-order chi connectivity index (χ0) is 13.0. The Labute approximate surface area is 115 Å². The maximum Gasteiger partial charge on any atom is 0.241 e. The molecule has 0 aromatic rings. The summed E-state index contributed by atoms with van der Waals surface area (Å²) in [5, 5.41) is 3.52. The SMILES string of the molecule is CCCCC1NC(CC)N(CC2CCSC2)C1=O. The lowest BCUT2D eigenvalue weighted by Crippen LogP contribution is -2.40. The molecular weight excluding hydrogens is 244 g/mol. The number of rotatable bonds is 6. The monoisotopic (exact) mass is 270 g/mol. The zero-order valence-corrected chi connectivity index (χ0v) is 12.5. The van der Waals surface area contributed by atoms with Crippen LogP contribution in [0.15, 0.2) is 0 Å². The van der Waals surface area contributed by atoms with Gasteiger partial charge in [0.05, 0.1) is 12.2 Å². The number of thioether (sulfide) groups is 1. The van der Waals surface area contributed by atoms with Crippen LogP contribution in [0.1, 0.15) is 46.0 Å². The first-order valence-electron chi connectivity index (χ1n) is 7.40. The molecule has 2 aliphatic heterocycles. The molecule has 1 amide bonds. The van der Waals surface area contributed by atoms with Crippen LogP contribution < -0.4 is 5.32 Å². The van der Waals surface area contributed by atoms with Crippen molar-refractivity contribution in [3.8, 4) is 0 Å². The van der Waals surface area contributed by atoms with E-state index in [1.54, 1.807) is 0 Å². The third kappa shape index (κ3) is 3.21. The highest BCUT2D eigenvalue weighted by atomic mass is 32.2.